The van der Waals surface area contributed by atoms with E-state index in [1.54, 1.807) is 25.1 Å². The van der Waals surface area contributed by atoms with Crippen LogP contribution in [-0.2, 0) is 11.3 Å². The standard InChI is InChI=1S/C25H24N4O2S/c1-17-11-13-19(14-12-17)15-29-22-9-5-4-8-21(22)26-25(29)32-16-24(31)28-27-18(2)20-7-3-6-10-23(20)30/h3-14,30H,15-16H2,1-2H3,(H,28,31)/b27-18+. The molecule has 1 amide bonds. The highest BCUT2D eigenvalue weighted by atomic mass is 32.2. The zero-order chi connectivity index (χ0) is 22.5. The van der Waals surface area contributed by atoms with Gasteiger partial charge in [0.15, 0.2) is 5.16 Å². The van der Waals surface area contributed by atoms with Crippen molar-refractivity contribution in [3.63, 3.8) is 0 Å². The average Bonchev–Trinajstić information content (AvgIpc) is 3.15. The fourth-order valence-corrected chi connectivity index (χ4v) is 4.15. The lowest BCUT2D eigenvalue weighted by atomic mass is 10.1. The van der Waals surface area contributed by atoms with E-state index in [0.717, 1.165) is 16.2 Å². The van der Waals surface area contributed by atoms with Gasteiger partial charge in [0.05, 0.1) is 29.0 Å². The molecule has 1 heterocycles. The van der Waals surface area contributed by atoms with Crippen molar-refractivity contribution in [2.75, 3.05) is 5.75 Å². The molecule has 0 aliphatic carbocycles. The first-order valence-electron chi connectivity index (χ1n) is 10.3. The maximum Gasteiger partial charge on any atom is 0.250 e. The van der Waals surface area contributed by atoms with Crippen LogP contribution < -0.4 is 5.43 Å². The molecule has 6 nitrogen and oxygen atoms in total. The Hall–Kier alpha value is -3.58. The van der Waals surface area contributed by atoms with Crippen LogP contribution in [0.25, 0.3) is 11.0 Å². The van der Waals surface area contributed by atoms with Crippen LogP contribution in [0.15, 0.2) is 83.1 Å². The molecule has 2 N–H and O–H groups in total. The number of benzene rings is 3. The SMILES string of the molecule is C/C(=N\NC(=O)CSc1nc2ccccc2n1Cc1ccc(C)cc1)c1ccccc1O. The van der Waals surface area contributed by atoms with Crippen molar-refractivity contribution in [3.05, 3.63) is 89.5 Å². The molecule has 1 aromatic heterocycles. The Morgan fingerprint density at radius 3 is 2.56 bits per heavy atom. The molecule has 162 valence electrons. The number of thioether (sulfide) groups is 1. The van der Waals surface area contributed by atoms with E-state index in [1.165, 1.54) is 22.9 Å². The van der Waals surface area contributed by atoms with Gasteiger partial charge in [0.1, 0.15) is 5.75 Å². The summed E-state index contributed by atoms with van der Waals surface area (Å²) in [5, 5.41) is 14.8. The normalized spacial score (nSPS) is 11.6. The summed E-state index contributed by atoms with van der Waals surface area (Å²) in [5.74, 6) is 0.0651. The maximum absolute atomic E-state index is 12.4. The number of hydrogen-bond acceptors (Lipinski definition) is 5. The summed E-state index contributed by atoms with van der Waals surface area (Å²) >= 11 is 1.38. The number of fused-ring (bicyclic) bond motifs is 1. The number of para-hydroxylation sites is 3. The maximum atomic E-state index is 12.4. The molecule has 0 radical (unpaired) electrons. The second-order valence-corrected chi connectivity index (χ2v) is 8.44. The number of amides is 1. The molecule has 0 saturated carbocycles. The van der Waals surface area contributed by atoms with E-state index in [4.69, 9.17) is 4.98 Å². The van der Waals surface area contributed by atoms with Gasteiger partial charge in [-0.15, -0.1) is 0 Å². The topological polar surface area (TPSA) is 79.5 Å². The van der Waals surface area contributed by atoms with Gasteiger partial charge < -0.3 is 9.67 Å². The number of hydrazone groups is 1. The minimum Gasteiger partial charge on any atom is -0.507 e. The lowest BCUT2D eigenvalue weighted by Gasteiger charge is -2.09. The van der Waals surface area contributed by atoms with Crippen molar-refractivity contribution in [1.29, 1.82) is 0 Å². The fraction of sp³-hybridized carbons (Fsp3) is 0.160. The number of carbonyl (C=O) groups is 1. The molecule has 4 aromatic rings. The number of aromatic nitrogens is 2. The Bertz CT molecular complexity index is 1280. The zero-order valence-electron chi connectivity index (χ0n) is 17.9. The quantitative estimate of drug-likeness (QED) is 0.245. The van der Waals surface area contributed by atoms with Crippen molar-refractivity contribution >= 4 is 34.4 Å². The lowest BCUT2D eigenvalue weighted by molar-refractivity contribution is -0.118. The Morgan fingerprint density at radius 1 is 1.06 bits per heavy atom. The van der Waals surface area contributed by atoms with Gasteiger partial charge >= 0.3 is 0 Å². The van der Waals surface area contributed by atoms with E-state index in [-0.39, 0.29) is 17.4 Å². The van der Waals surface area contributed by atoms with Gasteiger partial charge in [-0.3, -0.25) is 4.79 Å². The molecule has 0 spiro atoms. The predicted octanol–water partition coefficient (Wildman–Crippen LogP) is 4.73. The van der Waals surface area contributed by atoms with Crippen LogP contribution in [0.1, 0.15) is 23.6 Å². The number of phenols is 1. The highest BCUT2D eigenvalue weighted by molar-refractivity contribution is 7.99. The number of phenolic OH excluding ortho intramolecular Hbond substituents is 1. The molecule has 0 bridgehead atoms. The third-order valence-electron chi connectivity index (χ3n) is 5.06. The Kier molecular flexibility index (Phi) is 6.56. The molecule has 4 rings (SSSR count). The highest BCUT2D eigenvalue weighted by Crippen LogP contribution is 2.25. The molecule has 32 heavy (non-hydrogen) atoms. The Balaban J connectivity index is 1.48. The van der Waals surface area contributed by atoms with Crippen molar-refractivity contribution < 1.29 is 9.90 Å². The molecule has 0 fully saturated rings. The summed E-state index contributed by atoms with van der Waals surface area (Å²) in [6.45, 7) is 4.48. The number of nitrogens with zero attached hydrogens (tertiary/aromatic N) is 3. The average molecular weight is 445 g/mol. The van der Waals surface area contributed by atoms with E-state index in [0.29, 0.717) is 17.8 Å². The molecule has 0 aliphatic rings. The molecular formula is C25H24N4O2S. The minimum atomic E-state index is -0.237. The third kappa shape index (κ3) is 5.00. The van der Waals surface area contributed by atoms with Gasteiger partial charge in [-0.25, -0.2) is 10.4 Å². The largest absolute Gasteiger partial charge is 0.507 e. The molecule has 0 atom stereocenters. The molecule has 0 unspecified atom stereocenters. The summed E-state index contributed by atoms with van der Waals surface area (Å²) in [5.41, 5.74) is 8.01. The number of imidazole rings is 1. The van der Waals surface area contributed by atoms with Crippen molar-refractivity contribution in [1.82, 2.24) is 15.0 Å². The Labute approximate surface area is 191 Å². The van der Waals surface area contributed by atoms with E-state index in [9.17, 15) is 9.90 Å². The molecule has 0 saturated heterocycles. The monoisotopic (exact) mass is 444 g/mol. The van der Waals surface area contributed by atoms with Crippen LogP contribution in [0.3, 0.4) is 0 Å². The van der Waals surface area contributed by atoms with Crippen molar-refractivity contribution in [2.45, 2.75) is 25.5 Å². The van der Waals surface area contributed by atoms with Crippen LogP contribution in [0.5, 0.6) is 5.75 Å². The van der Waals surface area contributed by atoms with Crippen molar-refractivity contribution in [2.24, 2.45) is 5.10 Å². The predicted molar refractivity (Wildman–Crippen MR) is 129 cm³/mol. The van der Waals surface area contributed by atoms with Crippen molar-refractivity contribution in [3.8, 4) is 5.75 Å². The van der Waals surface area contributed by atoms with E-state index < -0.39 is 0 Å². The summed E-state index contributed by atoms with van der Waals surface area (Å²) in [4.78, 5) is 17.2. The zero-order valence-corrected chi connectivity index (χ0v) is 18.8. The third-order valence-corrected chi connectivity index (χ3v) is 6.03. The first-order valence-corrected chi connectivity index (χ1v) is 11.2. The molecule has 7 heteroatoms. The molecule has 3 aromatic carbocycles. The highest BCUT2D eigenvalue weighted by Gasteiger charge is 2.13. The summed E-state index contributed by atoms with van der Waals surface area (Å²) in [6.07, 6.45) is 0. The minimum absolute atomic E-state index is 0.127. The first-order chi connectivity index (χ1) is 15.5. The van der Waals surface area contributed by atoms with E-state index in [2.05, 4.69) is 46.3 Å². The van der Waals surface area contributed by atoms with E-state index in [1.807, 2.05) is 30.3 Å². The van der Waals surface area contributed by atoms with Gasteiger partial charge in [0, 0.05) is 5.56 Å². The smallest absolute Gasteiger partial charge is 0.250 e. The molecular weight excluding hydrogens is 420 g/mol. The van der Waals surface area contributed by atoms with Gasteiger partial charge in [-0.2, -0.15) is 5.10 Å². The number of nitrogens with one attached hydrogen (secondary N) is 1. The summed E-state index contributed by atoms with van der Waals surface area (Å²) in [6, 6.07) is 23.3. The second kappa shape index (κ2) is 9.70. The number of rotatable bonds is 7. The van der Waals surface area contributed by atoms with Gasteiger partial charge in [-0.05, 0) is 43.7 Å². The van der Waals surface area contributed by atoms with Crippen LogP contribution in [0.4, 0.5) is 0 Å². The van der Waals surface area contributed by atoms with Crippen LogP contribution in [-0.4, -0.2) is 32.0 Å². The van der Waals surface area contributed by atoms with Gasteiger partial charge in [0.2, 0.25) is 0 Å². The van der Waals surface area contributed by atoms with Crippen LogP contribution in [0, 0.1) is 6.92 Å². The fourth-order valence-electron chi connectivity index (χ4n) is 3.34. The van der Waals surface area contributed by atoms with E-state index >= 15 is 0 Å². The summed E-state index contributed by atoms with van der Waals surface area (Å²) < 4.78 is 2.13. The lowest BCUT2D eigenvalue weighted by Crippen LogP contribution is -2.21. The first kappa shape index (κ1) is 21.6. The number of aromatic hydroxyl groups is 1. The van der Waals surface area contributed by atoms with Crippen LogP contribution >= 0.6 is 11.8 Å². The summed E-state index contributed by atoms with van der Waals surface area (Å²) in [7, 11) is 0. The number of aryl methyl sites for hydroxylation is 1. The second-order valence-electron chi connectivity index (χ2n) is 7.49. The van der Waals surface area contributed by atoms with Crippen LogP contribution in [0.2, 0.25) is 0 Å². The number of carbonyl (C=O) groups excluding carboxylic acids is 1. The van der Waals surface area contributed by atoms with Gasteiger partial charge in [-0.1, -0.05) is 65.9 Å². The molecule has 0 aliphatic heterocycles. The Morgan fingerprint density at radius 2 is 1.78 bits per heavy atom. The van der Waals surface area contributed by atoms with Gasteiger partial charge in [0.25, 0.3) is 5.91 Å². The number of hydrogen-bond donors (Lipinski definition) is 2.